The van der Waals surface area contributed by atoms with Gasteiger partial charge >= 0.3 is 0 Å². The highest BCUT2D eigenvalue weighted by Gasteiger charge is 2.24. The van der Waals surface area contributed by atoms with Gasteiger partial charge in [0.15, 0.2) is 0 Å². The minimum absolute atomic E-state index is 0.0702. The van der Waals surface area contributed by atoms with Crippen molar-refractivity contribution >= 4 is 23.1 Å². The first-order valence-corrected chi connectivity index (χ1v) is 6.95. The molecular weight excluding hydrogens is 255 g/mol. The Balaban J connectivity index is 2.21. The first kappa shape index (κ1) is 13.1. The van der Waals surface area contributed by atoms with Gasteiger partial charge in [-0.05, 0) is 24.7 Å². The third-order valence-corrected chi connectivity index (χ3v) is 4.48. The van der Waals surface area contributed by atoms with Crippen molar-refractivity contribution in [3.8, 4) is 0 Å². The first-order valence-electron chi connectivity index (χ1n) is 5.90. The summed E-state index contributed by atoms with van der Waals surface area (Å²) in [5.74, 6) is 0.657. The van der Waals surface area contributed by atoms with E-state index >= 15 is 0 Å². The molecule has 0 aliphatic carbocycles. The predicted molar refractivity (Wildman–Crippen MR) is 71.6 cm³/mol. The molecule has 2 atom stereocenters. The van der Waals surface area contributed by atoms with Gasteiger partial charge in [-0.15, -0.1) is 0 Å². The van der Waals surface area contributed by atoms with Crippen LogP contribution in [0.1, 0.15) is 19.8 Å². The van der Waals surface area contributed by atoms with E-state index < -0.39 is 10.7 Å². The molecule has 0 spiro atoms. The molecule has 1 fully saturated rings. The van der Waals surface area contributed by atoms with Crippen molar-refractivity contribution in [3.05, 3.63) is 34.1 Å². The van der Waals surface area contributed by atoms with E-state index in [1.165, 1.54) is 12.1 Å². The highest BCUT2D eigenvalue weighted by atomic mass is 32.2. The Hall–Kier alpha value is -1.30. The standard InChI is InChI=1S/C12H15FN2O2S/c1-8-10(3-2-6-18-8)14-11-7-9(13)4-5-12(11)15(16)17/h4-5,7-8,10,14H,2-3,6H2,1H3. The number of nitrogens with one attached hydrogen (secondary N) is 1. The molecule has 1 heterocycles. The molecule has 0 bridgehead atoms. The summed E-state index contributed by atoms with van der Waals surface area (Å²) < 4.78 is 13.2. The fraction of sp³-hybridized carbons (Fsp3) is 0.500. The monoisotopic (exact) mass is 270 g/mol. The average Bonchev–Trinajstić information content (AvgIpc) is 2.32. The van der Waals surface area contributed by atoms with Crippen molar-refractivity contribution in [1.82, 2.24) is 0 Å². The number of nitro groups is 1. The summed E-state index contributed by atoms with van der Waals surface area (Å²) in [4.78, 5) is 10.4. The zero-order chi connectivity index (χ0) is 13.1. The lowest BCUT2D eigenvalue weighted by molar-refractivity contribution is -0.384. The lowest BCUT2D eigenvalue weighted by Gasteiger charge is -2.29. The second kappa shape index (κ2) is 5.56. The van der Waals surface area contributed by atoms with Crippen molar-refractivity contribution in [2.24, 2.45) is 0 Å². The fourth-order valence-corrected chi connectivity index (χ4v) is 3.24. The van der Waals surface area contributed by atoms with Crippen LogP contribution in [0.4, 0.5) is 15.8 Å². The van der Waals surface area contributed by atoms with E-state index in [1.54, 1.807) is 0 Å². The number of nitro benzene ring substituents is 1. The highest BCUT2D eigenvalue weighted by molar-refractivity contribution is 8.00. The van der Waals surface area contributed by atoms with Crippen molar-refractivity contribution < 1.29 is 9.31 Å². The second-order valence-electron chi connectivity index (χ2n) is 4.39. The van der Waals surface area contributed by atoms with Crippen LogP contribution < -0.4 is 5.32 Å². The first-order chi connectivity index (χ1) is 8.58. The second-order valence-corrected chi connectivity index (χ2v) is 5.87. The summed E-state index contributed by atoms with van der Waals surface area (Å²) in [6, 6.07) is 3.68. The zero-order valence-electron chi connectivity index (χ0n) is 10.1. The molecule has 1 saturated heterocycles. The summed E-state index contributed by atoms with van der Waals surface area (Å²) in [5, 5.41) is 14.4. The maximum atomic E-state index is 13.2. The van der Waals surface area contributed by atoms with Gasteiger partial charge in [-0.1, -0.05) is 6.92 Å². The van der Waals surface area contributed by atoms with Gasteiger partial charge in [0.05, 0.1) is 4.92 Å². The summed E-state index contributed by atoms with van der Waals surface area (Å²) in [7, 11) is 0. The maximum Gasteiger partial charge on any atom is 0.292 e. The molecule has 1 aliphatic heterocycles. The van der Waals surface area contributed by atoms with E-state index in [9.17, 15) is 14.5 Å². The van der Waals surface area contributed by atoms with Gasteiger partial charge in [-0.25, -0.2) is 4.39 Å². The topological polar surface area (TPSA) is 55.2 Å². The molecule has 6 heteroatoms. The van der Waals surface area contributed by atoms with E-state index in [0.29, 0.717) is 5.25 Å². The van der Waals surface area contributed by atoms with Crippen LogP contribution in [0, 0.1) is 15.9 Å². The Labute approximate surface area is 109 Å². The van der Waals surface area contributed by atoms with Gasteiger partial charge in [-0.3, -0.25) is 10.1 Å². The molecule has 0 amide bonds. The number of nitrogens with zero attached hydrogens (tertiary/aromatic N) is 1. The van der Waals surface area contributed by atoms with Crippen LogP contribution in [0.15, 0.2) is 18.2 Å². The van der Waals surface area contributed by atoms with Crippen LogP contribution in [0.5, 0.6) is 0 Å². The van der Waals surface area contributed by atoms with Crippen molar-refractivity contribution in [1.29, 1.82) is 0 Å². The molecule has 1 aliphatic rings. The Kier molecular flexibility index (Phi) is 4.06. The molecule has 1 aromatic carbocycles. The predicted octanol–water partition coefficient (Wildman–Crippen LogP) is 3.43. The Morgan fingerprint density at radius 1 is 1.56 bits per heavy atom. The van der Waals surface area contributed by atoms with Crippen LogP contribution in [0.3, 0.4) is 0 Å². The molecule has 2 unspecified atom stereocenters. The van der Waals surface area contributed by atoms with Crippen LogP contribution >= 0.6 is 11.8 Å². The number of benzene rings is 1. The van der Waals surface area contributed by atoms with Crippen molar-refractivity contribution in [2.75, 3.05) is 11.1 Å². The van der Waals surface area contributed by atoms with E-state index in [2.05, 4.69) is 12.2 Å². The van der Waals surface area contributed by atoms with E-state index in [0.717, 1.165) is 24.7 Å². The molecule has 0 saturated carbocycles. The van der Waals surface area contributed by atoms with E-state index in [-0.39, 0.29) is 17.4 Å². The third-order valence-electron chi connectivity index (χ3n) is 3.10. The number of anilines is 1. The van der Waals surface area contributed by atoms with Gasteiger partial charge in [0.1, 0.15) is 11.5 Å². The molecular formula is C12H15FN2O2S. The summed E-state index contributed by atoms with van der Waals surface area (Å²) >= 11 is 1.84. The molecule has 2 rings (SSSR count). The Morgan fingerprint density at radius 3 is 3.00 bits per heavy atom. The molecule has 1 N–H and O–H groups in total. The lowest BCUT2D eigenvalue weighted by Crippen LogP contribution is -2.33. The van der Waals surface area contributed by atoms with Crippen molar-refractivity contribution in [2.45, 2.75) is 31.1 Å². The van der Waals surface area contributed by atoms with Gasteiger partial charge in [0, 0.05) is 23.4 Å². The van der Waals surface area contributed by atoms with E-state index in [4.69, 9.17) is 0 Å². The number of rotatable bonds is 3. The maximum absolute atomic E-state index is 13.2. The minimum Gasteiger partial charge on any atom is -0.376 e. The summed E-state index contributed by atoms with van der Waals surface area (Å²) in [6.07, 6.45) is 2.04. The van der Waals surface area contributed by atoms with Crippen LogP contribution in [0.25, 0.3) is 0 Å². The Bertz CT molecular complexity index is 456. The molecule has 4 nitrogen and oxygen atoms in total. The molecule has 1 aromatic rings. The minimum atomic E-state index is -0.484. The quantitative estimate of drug-likeness (QED) is 0.675. The van der Waals surface area contributed by atoms with Crippen molar-refractivity contribution in [3.63, 3.8) is 0 Å². The lowest BCUT2D eigenvalue weighted by atomic mass is 10.1. The van der Waals surface area contributed by atoms with Gasteiger partial charge in [-0.2, -0.15) is 11.8 Å². The number of hydrogen-bond donors (Lipinski definition) is 1. The van der Waals surface area contributed by atoms with Gasteiger partial charge < -0.3 is 5.32 Å². The normalized spacial score (nSPS) is 23.7. The number of thioether (sulfide) groups is 1. The number of hydrogen-bond acceptors (Lipinski definition) is 4. The SMILES string of the molecule is CC1SCCCC1Nc1cc(F)ccc1[N+](=O)[O-]. The van der Waals surface area contributed by atoms with E-state index in [1.807, 2.05) is 11.8 Å². The third kappa shape index (κ3) is 2.93. The highest BCUT2D eigenvalue weighted by Crippen LogP contribution is 2.31. The number of halogens is 1. The Morgan fingerprint density at radius 2 is 2.33 bits per heavy atom. The molecule has 0 aromatic heterocycles. The fourth-order valence-electron chi connectivity index (χ4n) is 2.10. The molecule has 98 valence electrons. The van der Waals surface area contributed by atoms with Crippen LogP contribution in [-0.2, 0) is 0 Å². The zero-order valence-corrected chi connectivity index (χ0v) is 10.9. The smallest absolute Gasteiger partial charge is 0.292 e. The molecule has 0 radical (unpaired) electrons. The molecule has 18 heavy (non-hydrogen) atoms. The van der Waals surface area contributed by atoms with Gasteiger partial charge in [0.2, 0.25) is 0 Å². The van der Waals surface area contributed by atoms with Crippen LogP contribution in [-0.4, -0.2) is 22.0 Å². The summed E-state index contributed by atoms with van der Waals surface area (Å²) in [5.41, 5.74) is 0.207. The summed E-state index contributed by atoms with van der Waals surface area (Å²) in [6.45, 7) is 2.09. The average molecular weight is 270 g/mol. The van der Waals surface area contributed by atoms with Crippen LogP contribution in [0.2, 0.25) is 0 Å². The van der Waals surface area contributed by atoms with Gasteiger partial charge in [0.25, 0.3) is 5.69 Å². The largest absolute Gasteiger partial charge is 0.376 e.